The van der Waals surface area contributed by atoms with Crippen molar-refractivity contribution in [2.75, 3.05) is 13.2 Å². The number of esters is 1. The molecule has 39 heavy (non-hydrogen) atoms. The first-order valence-corrected chi connectivity index (χ1v) is 12.4. The number of nitrogens with one attached hydrogen (secondary N) is 1. The highest BCUT2D eigenvalue weighted by molar-refractivity contribution is 5.84. The van der Waals surface area contributed by atoms with Crippen LogP contribution in [0.3, 0.4) is 0 Å². The number of halogens is 1. The average Bonchev–Trinajstić information content (AvgIpc) is 3.60. The molecule has 206 valence electrons. The van der Waals surface area contributed by atoms with Crippen molar-refractivity contribution in [3.63, 3.8) is 0 Å². The second-order valence-corrected chi connectivity index (χ2v) is 8.91. The van der Waals surface area contributed by atoms with Crippen molar-refractivity contribution in [2.24, 2.45) is 11.7 Å². The second kappa shape index (κ2) is 12.4. The van der Waals surface area contributed by atoms with E-state index in [0.717, 1.165) is 5.56 Å². The van der Waals surface area contributed by atoms with Gasteiger partial charge in [0.15, 0.2) is 6.10 Å². The molecule has 2 unspecified atom stereocenters. The maximum Gasteiger partial charge on any atom is 0.319 e. The van der Waals surface area contributed by atoms with Gasteiger partial charge in [0, 0.05) is 18.1 Å². The fraction of sp³-hybridized carbons (Fsp3) is 0.385. The lowest BCUT2D eigenvalue weighted by molar-refractivity contribution is -0.143. The monoisotopic (exact) mass is 540 g/mol. The molecule has 1 aliphatic carbocycles. The molecule has 3 atom stereocenters. The number of nitrogens with zero attached hydrogens (tertiary/aromatic N) is 4. The summed E-state index contributed by atoms with van der Waals surface area (Å²) in [4.78, 5) is 32.3. The Labute approximate surface area is 223 Å². The number of amides is 1. The van der Waals surface area contributed by atoms with Crippen LogP contribution in [0.25, 0.3) is 17.0 Å². The highest BCUT2D eigenvalue weighted by Gasteiger charge is 2.29. The Hall–Kier alpha value is -4.39. The van der Waals surface area contributed by atoms with Crippen molar-refractivity contribution in [3.8, 4) is 17.1 Å². The molecular weight excluding hydrogens is 511 g/mol. The minimum absolute atomic E-state index is 0.0597. The summed E-state index contributed by atoms with van der Waals surface area (Å²) in [5.41, 5.74) is 6.36. The molecule has 1 aromatic carbocycles. The zero-order valence-corrected chi connectivity index (χ0v) is 21.7. The maximum atomic E-state index is 14.9. The van der Waals surface area contributed by atoms with Gasteiger partial charge in [0.2, 0.25) is 23.4 Å². The van der Waals surface area contributed by atoms with Crippen molar-refractivity contribution in [1.82, 2.24) is 25.6 Å². The van der Waals surface area contributed by atoms with Gasteiger partial charge in [-0.05, 0) is 50.1 Å². The lowest BCUT2D eigenvalue weighted by Crippen LogP contribution is -2.41. The van der Waals surface area contributed by atoms with E-state index in [9.17, 15) is 14.0 Å². The third kappa shape index (κ3) is 6.93. The van der Waals surface area contributed by atoms with Crippen LogP contribution in [-0.2, 0) is 14.3 Å². The summed E-state index contributed by atoms with van der Waals surface area (Å²) in [7, 11) is 0. The van der Waals surface area contributed by atoms with Crippen molar-refractivity contribution in [2.45, 2.75) is 45.8 Å². The molecule has 0 radical (unpaired) electrons. The quantitative estimate of drug-likeness (QED) is 0.342. The van der Waals surface area contributed by atoms with Crippen LogP contribution < -0.4 is 15.8 Å². The smallest absolute Gasteiger partial charge is 0.319 e. The van der Waals surface area contributed by atoms with Gasteiger partial charge < -0.3 is 29.6 Å². The minimum atomic E-state index is -1.01. The number of hydrogen-bond donors (Lipinski definition) is 2. The summed E-state index contributed by atoms with van der Waals surface area (Å²) in [5, 5.41) is 10.5. The van der Waals surface area contributed by atoms with Gasteiger partial charge in [-0.15, -0.1) is 0 Å². The number of benzene rings is 1. The zero-order chi connectivity index (χ0) is 27.9. The maximum absolute atomic E-state index is 14.9. The van der Waals surface area contributed by atoms with E-state index in [1.54, 1.807) is 32.1 Å². The number of aryl methyl sites for hydroxylation is 1. The van der Waals surface area contributed by atoms with Crippen molar-refractivity contribution in [3.05, 3.63) is 59.9 Å². The van der Waals surface area contributed by atoms with Gasteiger partial charge in [0.1, 0.15) is 18.2 Å². The number of nitrogens with two attached hydrogens (primary N) is 1. The minimum Gasteiger partial charge on any atom is -0.481 e. The number of ether oxygens (including phenoxy) is 2. The molecule has 0 bridgehead atoms. The molecule has 12 nitrogen and oxygen atoms in total. The Kier molecular flexibility index (Phi) is 8.81. The predicted molar refractivity (Wildman–Crippen MR) is 135 cm³/mol. The van der Waals surface area contributed by atoms with Gasteiger partial charge in [-0.3, -0.25) is 9.59 Å². The molecular formula is C26H29FN6O6. The van der Waals surface area contributed by atoms with Crippen LogP contribution in [0.2, 0.25) is 0 Å². The van der Waals surface area contributed by atoms with E-state index in [0.29, 0.717) is 29.5 Å². The zero-order valence-electron chi connectivity index (χ0n) is 21.7. The van der Waals surface area contributed by atoms with E-state index >= 15 is 0 Å². The molecule has 3 aromatic rings. The SMILES string of the molecule is CCC(Oc1ccc(-c2noc(C)n2)cc1)c1nc(C2=CCC(C(=O)N[C@H](C)COC(=O)CN)C(F)=C2)no1. The van der Waals surface area contributed by atoms with Gasteiger partial charge in [0.05, 0.1) is 18.5 Å². The van der Waals surface area contributed by atoms with Crippen LogP contribution in [-0.4, -0.2) is 51.4 Å². The van der Waals surface area contributed by atoms with Gasteiger partial charge in [0.25, 0.3) is 5.89 Å². The molecule has 1 amide bonds. The van der Waals surface area contributed by atoms with E-state index in [2.05, 4.69) is 25.6 Å². The molecule has 13 heteroatoms. The molecule has 0 spiro atoms. The van der Waals surface area contributed by atoms with Crippen LogP contribution in [0.1, 0.15) is 50.4 Å². The summed E-state index contributed by atoms with van der Waals surface area (Å²) < 4.78 is 36.2. The van der Waals surface area contributed by atoms with Gasteiger partial charge >= 0.3 is 5.97 Å². The molecule has 2 heterocycles. The highest BCUT2D eigenvalue weighted by atomic mass is 19.1. The number of allylic oxidation sites excluding steroid dienone is 3. The number of carbonyl (C=O) groups excluding carboxylic acids is 2. The van der Waals surface area contributed by atoms with E-state index in [1.807, 2.05) is 19.1 Å². The first-order valence-electron chi connectivity index (χ1n) is 12.4. The standard InChI is InChI=1S/C26H29FN6O6/c1-4-21(37-18-8-5-16(6-9-18)23-30-15(3)38-32-23)26-31-24(33-39-26)17-7-10-19(20(27)11-17)25(35)29-14(2)13-36-22(34)12-28/h5-9,11,14,19,21H,4,10,12-13,28H2,1-3H3,(H,29,35)/t14-,19?,21?/m1/s1. The first kappa shape index (κ1) is 27.6. The number of carbonyl (C=O) groups is 2. The lowest BCUT2D eigenvalue weighted by atomic mass is 9.94. The summed E-state index contributed by atoms with van der Waals surface area (Å²) >= 11 is 0. The topological polar surface area (TPSA) is 168 Å². The summed E-state index contributed by atoms with van der Waals surface area (Å²) in [6.45, 7) is 4.95. The fourth-order valence-corrected chi connectivity index (χ4v) is 3.77. The molecule has 2 aromatic heterocycles. The van der Waals surface area contributed by atoms with Crippen molar-refractivity contribution >= 4 is 17.4 Å². The normalized spacial score (nSPS) is 16.6. The summed E-state index contributed by atoms with van der Waals surface area (Å²) in [6.07, 6.45) is 2.99. The van der Waals surface area contributed by atoms with E-state index in [4.69, 9.17) is 24.3 Å². The van der Waals surface area contributed by atoms with Crippen LogP contribution in [0.5, 0.6) is 5.75 Å². The van der Waals surface area contributed by atoms with Crippen molar-refractivity contribution < 1.29 is 32.5 Å². The van der Waals surface area contributed by atoms with Crippen LogP contribution in [0, 0.1) is 12.8 Å². The Morgan fingerprint density at radius 3 is 2.56 bits per heavy atom. The summed E-state index contributed by atoms with van der Waals surface area (Å²) in [6, 6.07) is 6.67. The number of rotatable bonds is 11. The molecule has 3 N–H and O–H groups in total. The second-order valence-electron chi connectivity index (χ2n) is 8.91. The lowest BCUT2D eigenvalue weighted by Gasteiger charge is -2.20. The Morgan fingerprint density at radius 2 is 1.92 bits per heavy atom. The van der Waals surface area contributed by atoms with Crippen molar-refractivity contribution in [1.29, 1.82) is 0 Å². The fourth-order valence-electron chi connectivity index (χ4n) is 3.77. The van der Waals surface area contributed by atoms with E-state index in [1.165, 1.54) is 6.08 Å². The third-order valence-electron chi connectivity index (χ3n) is 5.83. The largest absolute Gasteiger partial charge is 0.481 e. The van der Waals surface area contributed by atoms with Gasteiger partial charge in [-0.2, -0.15) is 9.97 Å². The van der Waals surface area contributed by atoms with Crippen LogP contribution in [0.4, 0.5) is 4.39 Å². The molecule has 0 aliphatic heterocycles. The molecule has 4 rings (SSSR count). The number of hydrogen-bond acceptors (Lipinski definition) is 11. The molecule has 1 aliphatic rings. The average molecular weight is 541 g/mol. The Morgan fingerprint density at radius 1 is 1.18 bits per heavy atom. The summed E-state index contributed by atoms with van der Waals surface area (Å²) in [5.74, 6) is -0.804. The third-order valence-corrected chi connectivity index (χ3v) is 5.83. The predicted octanol–water partition coefficient (Wildman–Crippen LogP) is 3.22. The van der Waals surface area contributed by atoms with E-state index in [-0.39, 0.29) is 31.3 Å². The van der Waals surface area contributed by atoms with Gasteiger partial charge in [-0.1, -0.05) is 23.3 Å². The molecule has 0 saturated heterocycles. The molecule has 0 fully saturated rings. The van der Waals surface area contributed by atoms with Crippen LogP contribution in [0.15, 0.2) is 51.3 Å². The van der Waals surface area contributed by atoms with Gasteiger partial charge in [-0.25, -0.2) is 4.39 Å². The van der Waals surface area contributed by atoms with Crippen LogP contribution >= 0.6 is 0 Å². The first-order chi connectivity index (χ1) is 18.8. The molecule has 0 saturated carbocycles. The number of aromatic nitrogens is 4. The Balaban J connectivity index is 1.36. The Bertz CT molecular complexity index is 1370. The highest BCUT2D eigenvalue weighted by Crippen LogP contribution is 2.31. The van der Waals surface area contributed by atoms with E-state index < -0.39 is 35.8 Å².